The number of carbonyl (C=O) groups excluding carboxylic acids is 1. The summed E-state index contributed by atoms with van der Waals surface area (Å²) in [5, 5.41) is 2.07. The van der Waals surface area contributed by atoms with E-state index >= 15 is 0 Å². The molecule has 0 bridgehead atoms. The van der Waals surface area contributed by atoms with Crippen molar-refractivity contribution in [3.8, 4) is 11.5 Å². The number of hydrogen-bond donors (Lipinski definition) is 2. The van der Waals surface area contributed by atoms with Gasteiger partial charge in [-0.05, 0) is 24.1 Å². The van der Waals surface area contributed by atoms with E-state index in [9.17, 15) is 13.6 Å². The number of nitrogens with one attached hydrogen (secondary N) is 1. The van der Waals surface area contributed by atoms with Crippen molar-refractivity contribution in [2.24, 2.45) is 5.73 Å². The second-order valence-corrected chi connectivity index (χ2v) is 4.60. The Balaban J connectivity index is 2.56. The van der Waals surface area contributed by atoms with E-state index in [-0.39, 0.29) is 0 Å². The molecule has 22 heavy (non-hydrogen) atoms. The zero-order chi connectivity index (χ0) is 16.6. The number of ether oxygens (including phenoxy) is 2. The quantitative estimate of drug-likeness (QED) is 0.678. The molecule has 0 saturated carbocycles. The number of carbonyl (C=O) groups is 1. The molecule has 0 fully saturated rings. The fraction of sp³-hybridized carbons (Fsp3) is 0.400. The number of allylic oxidation sites excluding steroid dienone is 1. The number of halogens is 2. The molecule has 1 amide bonds. The van der Waals surface area contributed by atoms with E-state index < -0.39 is 31.5 Å². The van der Waals surface area contributed by atoms with Crippen molar-refractivity contribution in [1.29, 1.82) is 0 Å². The van der Waals surface area contributed by atoms with E-state index in [1.165, 1.54) is 7.11 Å². The fourth-order valence-electron chi connectivity index (χ4n) is 1.62. The normalized spacial score (nSPS) is 10.9. The van der Waals surface area contributed by atoms with Gasteiger partial charge < -0.3 is 20.5 Å². The molecule has 7 heteroatoms. The minimum absolute atomic E-state index is 0.357. The maximum atomic E-state index is 12.9. The van der Waals surface area contributed by atoms with Crippen LogP contribution in [-0.4, -0.2) is 38.6 Å². The highest BCUT2D eigenvalue weighted by atomic mass is 19.3. The van der Waals surface area contributed by atoms with Gasteiger partial charge in [-0.15, -0.1) is 6.58 Å². The van der Waals surface area contributed by atoms with Gasteiger partial charge in [-0.1, -0.05) is 12.1 Å². The number of rotatable bonds is 9. The molecule has 1 rings (SSSR count). The van der Waals surface area contributed by atoms with Crippen LogP contribution in [0.1, 0.15) is 5.56 Å². The van der Waals surface area contributed by atoms with Crippen molar-refractivity contribution in [1.82, 2.24) is 5.32 Å². The van der Waals surface area contributed by atoms with Crippen LogP contribution in [0.2, 0.25) is 0 Å². The lowest BCUT2D eigenvalue weighted by Gasteiger charge is -2.15. The average molecular weight is 314 g/mol. The maximum Gasteiger partial charge on any atom is 0.277 e. The first-order valence-corrected chi connectivity index (χ1v) is 6.67. The second kappa shape index (κ2) is 8.33. The van der Waals surface area contributed by atoms with Crippen LogP contribution in [0, 0.1) is 0 Å². The van der Waals surface area contributed by atoms with Crippen molar-refractivity contribution in [3.05, 3.63) is 36.4 Å². The highest BCUT2D eigenvalue weighted by Crippen LogP contribution is 2.28. The monoisotopic (exact) mass is 314 g/mol. The first kappa shape index (κ1) is 17.9. The fourth-order valence-corrected chi connectivity index (χ4v) is 1.62. The lowest BCUT2D eigenvalue weighted by molar-refractivity contribution is -0.124. The van der Waals surface area contributed by atoms with Gasteiger partial charge in [-0.2, -0.15) is 0 Å². The molecule has 1 aromatic rings. The minimum atomic E-state index is -3.13. The number of hydrogen-bond acceptors (Lipinski definition) is 4. The Morgan fingerprint density at radius 3 is 2.77 bits per heavy atom. The number of methoxy groups -OCH3 is 1. The molecule has 0 radical (unpaired) electrons. The van der Waals surface area contributed by atoms with Crippen molar-refractivity contribution >= 4 is 5.91 Å². The molecule has 5 nitrogen and oxygen atoms in total. The third-order valence-corrected chi connectivity index (χ3v) is 2.81. The van der Waals surface area contributed by atoms with E-state index in [1.54, 1.807) is 24.3 Å². The van der Waals surface area contributed by atoms with Gasteiger partial charge in [-0.25, -0.2) is 8.78 Å². The lowest BCUT2D eigenvalue weighted by Crippen LogP contribution is -2.43. The highest BCUT2D eigenvalue weighted by Gasteiger charge is 2.27. The van der Waals surface area contributed by atoms with Crippen molar-refractivity contribution < 1.29 is 23.0 Å². The van der Waals surface area contributed by atoms with E-state index in [1.807, 2.05) is 0 Å². The van der Waals surface area contributed by atoms with Crippen LogP contribution >= 0.6 is 0 Å². The van der Waals surface area contributed by atoms with Gasteiger partial charge in [0.15, 0.2) is 18.1 Å². The topological polar surface area (TPSA) is 73.6 Å². The Morgan fingerprint density at radius 2 is 2.18 bits per heavy atom. The first-order valence-electron chi connectivity index (χ1n) is 6.67. The molecule has 0 spiro atoms. The van der Waals surface area contributed by atoms with Gasteiger partial charge in [0.25, 0.3) is 11.8 Å². The highest BCUT2D eigenvalue weighted by molar-refractivity contribution is 5.77. The number of benzene rings is 1. The van der Waals surface area contributed by atoms with Crippen molar-refractivity contribution in [2.75, 3.05) is 26.8 Å². The predicted molar refractivity (Wildman–Crippen MR) is 79.4 cm³/mol. The Kier molecular flexibility index (Phi) is 6.78. The van der Waals surface area contributed by atoms with Gasteiger partial charge in [0.05, 0.1) is 20.2 Å². The summed E-state index contributed by atoms with van der Waals surface area (Å²) in [5.74, 6) is -2.97. The van der Waals surface area contributed by atoms with Crippen LogP contribution < -0.4 is 20.5 Å². The van der Waals surface area contributed by atoms with E-state index in [0.717, 1.165) is 5.56 Å². The summed E-state index contributed by atoms with van der Waals surface area (Å²) in [6, 6.07) is 5.22. The van der Waals surface area contributed by atoms with Gasteiger partial charge in [0.2, 0.25) is 0 Å². The van der Waals surface area contributed by atoms with Gasteiger partial charge >= 0.3 is 0 Å². The maximum absolute atomic E-state index is 12.9. The molecule has 0 aliphatic heterocycles. The Bertz CT molecular complexity index is 522. The molecule has 0 atom stereocenters. The summed E-state index contributed by atoms with van der Waals surface area (Å²) in [4.78, 5) is 11.5. The smallest absolute Gasteiger partial charge is 0.277 e. The van der Waals surface area contributed by atoms with Gasteiger partial charge in [0, 0.05) is 0 Å². The molecule has 0 saturated heterocycles. The van der Waals surface area contributed by atoms with E-state index in [4.69, 9.17) is 15.2 Å². The summed E-state index contributed by atoms with van der Waals surface area (Å²) >= 11 is 0. The van der Waals surface area contributed by atoms with Crippen LogP contribution in [0.4, 0.5) is 8.78 Å². The molecule has 0 aliphatic rings. The molecule has 1 aromatic carbocycles. The third kappa shape index (κ3) is 5.69. The second-order valence-electron chi connectivity index (χ2n) is 4.60. The average Bonchev–Trinajstić information content (AvgIpc) is 2.52. The van der Waals surface area contributed by atoms with Crippen LogP contribution in [0.25, 0.3) is 0 Å². The Morgan fingerprint density at radius 1 is 1.45 bits per heavy atom. The molecule has 0 aromatic heterocycles. The summed E-state index contributed by atoms with van der Waals surface area (Å²) in [6.07, 6.45) is 2.42. The minimum Gasteiger partial charge on any atom is -0.493 e. The van der Waals surface area contributed by atoms with E-state index in [2.05, 4.69) is 11.9 Å². The first-order chi connectivity index (χ1) is 10.4. The predicted octanol–water partition coefficient (Wildman–Crippen LogP) is 1.51. The number of amides is 1. The Labute approximate surface area is 128 Å². The molecule has 0 unspecified atom stereocenters. The molecule has 0 heterocycles. The molecular formula is C15H20F2N2O3. The van der Waals surface area contributed by atoms with Crippen LogP contribution in [0.15, 0.2) is 30.9 Å². The molecule has 0 aliphatic carbocycles. The number of nitrogens with two attached hydrogens (primary N) is 1. The zero-order valence-corrected chi connectivity index (χ0v) is 12.4. The summed E-state index contributed by atoms with van der Waals surface area (Å²) in [7, 11) is 1.47. The standard InChI is InChI=1S/C15H20F2N2O3/c1-3-4-11-5-6-12(13(7-11)21-2)22-8-14(20)19-10-15(16,17)9-18/h3,5-7H,1,4,8-10,18H2,2H3,(H,19,20). The molecular weight excluding hydrogens is 294 g/mol. The van der Waals surface area contributed by atoms with Crippen LogP contribution in [0.5, 0.6) is 11.5 Å². The van der Waals surface area contributed by atoms with Gasteiger partial charge in [-0.3, -0.25) is 4.79 Å². The van der Waals surface area contributed by atoms with E-state index in [0.29, 0.717) is 17.9 Å². The summed E-state index contributed by atoms with van der Waals surface area (Å²) in [5.41, 5.74) is 5.86. The van der Waals surface area contributed by atoms with Crippen LogP contribution in [0.3, 0.4) is 0 Å². The molecule has 122 valence electrons. The van der Waals surface area contributed by atoms with Crippen molar-refractivity contribution in [3.63, 3.8) is 0 Å². The zero-order valence-electron chi connectivity index (χ0n) is 12.4. The lowest BCUT2D eigenvalue weighted by atomic mass is 10.1. The Hall–Kier alpha value is -2.15. The van der Waals surface area contributed by atoms with Gasteiger partial charge in [0.1, 0.15) is 0 Å². The van der Waals surface area contributed by atoms with Crippen LogP contribution in [-0.2, 0) is 11.2 Å². The summed E-state index contributed by atoms with van der Waals surface area (Å²) < 4.78 is 36.3. The number of alkyl halides is 2. The summed E-state index contributed by atoms with van der Waals surface area (Å²) in [6.45, 7) is 1.61. The largest absolute Gasteiger partial charge is 0.493 e. The SMILES string of the molecule is C=CCc1ccc(OCC(=O)NCC(F)(F)CN)c(OC)c1. The third-order valence-electron chi connectivity index (χ3n) is 2.81. The van der Waals surface area contributed by atoms with Crippen molar-refractivity contribution in [2.45, 2.75) is 12.3 Å². The molecule has 3 N–H and O–H groups in total.